The molecule has 166 valence electrons. The monoisotopic (exact) mass is 434 g/mol. The molecule has 2 aliphatic heterocycles. The van der Waals surface area contributed by atoms with Crippen LogP contribution < -0.4 is 5.32 Å². The van der Waals surface area contributed by atoms with Gasteiger partial charge in [0.2, 0.25) is 5.91 Å². The minimum atomic E-state index is -4.64. The summed E-state index contributed by atoms with van der Waals surface area (Å²) >= 11 is 0. The second-order valence-corrected chi connectivity index (χ2v) is 8.63. The molecule has 2 unspecified atom stereocenters. The third kappa shape index (κ3) is 4.47. The first-order chi connectivity index (χ1) is 14.8. The summed E-state index contributed by atoms with van der Waals surface area (Å²) in [5.74, 6) is -3.16. The van der Waals surface area contributed by atoms with Gasteiger partial charge in [0.15, 0.2) is 5.92 Å². The average Bonchev–Trinajstić information content (AvgIpc) is 2.75. The van der Waals surface area contributed by atoms with Crippen LogP contribution in [0, 0.1) is 11.2 Å². The third-order valence-electron chi connectivity index (χ3n) is 6.94. The van der Waals surface area contributed by atoms with Crippen LogP contribution >= 0.6 is 0 Å². The zero-order chi connectivity index (χ0) is 22.1. The number of nitrogens with one attached hydrogen (secondary N) is 1. The van der Waals surface area contributed by atoms with Crippen molar-refractivity contribution in [2.45, 2.75) is 37.3 Å². The standard InChI is InChI=1S/C24H26F4N2O/c25-19-8-6-17(7-9-19)20-16-29-13-10-23(20)11-14-30(15-12-23)22(31)21(24(26,27)28)18-4-2-1-3-5-18/h1-9,20-21,29H,10-16H2. The van der Waals surface area contributed by atoms with Gasteiger partial charge in [-0.15, -0.1) is 0 Å². The molecule has 2 atom stereocenters. The topological polar surface area (TPSA) is 32.3 Å². The molecule has 2 fully saturated rings. The van der Waals surface area contributed by atoms with Gasteiger partial charge in [-0.1, -0.05) is 42.5 Å². The summed E-state index contributed by atoms with van der Waals surface area (Å²) in [7, 11) is 0. The molecule has 7 heteroatoms. The second-order valence-electron chi connectivity index (χ2n) is 8.63. The number of rotatable bonds is 3. The minimum Gasteiger partial charge on any atom is -0.342 e. The number of carbonyl (C=O) groups excluding carboxylic acids is 1. The van der Waals surface area contributed by atoms with Gasteiger partial charge in [0.1, 0.15) is 5.82 Å². The van der Waals surface area contributed by atoms with E-state index in [0.29, 0.717) is 25.9 Å². The molecule has 2 aliphatic rings. The summed E-state index contributed by atoms with van der Waals surface area (Å²) in [5, 5.41) is 3.39. The summed E-state index contributed by atoms with van der Waals surface area (Å²) in [6.07, 6.45) is -2.47. The highest BCUT2D eigenvalue weighted by molar-refractivity contribution is 5.84. The molecule has 0 aromatic heterocycles. The Morgan fingerprint density at radius 1 is 1.00 bits per heavy atom. The van der Waals surface area contributed by atoms with Gasteiger partial charge in [0.05, 0.1) is 0 Å². The first-order valence-electron chi connectivity index (χ1n) is 10.7. The molecule has 2 aromatic carbocycles. The first kappa shape index (κ1) is 21.8. The molecular formula is C24H26F4N2O. The molecule has 3 nitrogen and oxygen atoms in total. The van der Waals surface area contributed by atoms with E-state index in [2.05, 4.69) is 5.32 Å². The van der Waals surface area contributed by atoms with Crippen molar-refractivity contribution in [3.8, 4) is 0 Å². The zero-order valence-electron chi connectivity index (χ0n) is 17.2. The molecule has 1 spiro atoms. The molecule has 0 saturated carbocycles. The predicted molar refractivity (Wildman–Crippen MR) is 110 cm³/mol. The van der Waals surface area contributed by atoms with Crippen molar-refractivity contribution in [1.29, 1.82) is 0 Å². The molecule has 0 bridgehead atoms. The molecule has 0 radical (unpaired) electrons. The number of carbonyl (C=O) groups is 1. The summed E-state index contributed by atoms with van der Waals surface area (Å²) in [6.45, 7) is 2.18. The molecule has 1 amide bonds. The van der Waals surface area contributed by atoms with Crippen LogP contribution in [0.15, 0.2) is 54.6 Å². The lowest BCUT2D eigenvalue weighted by Gasteiger charge is -2.50. The lowest BCUT2D eigenvalue weighted by atomic mass is 9.62. The fourth-order valence-corrected chi connectivity index (χ4v) is 5.21. The van der Waals surface area contributed by atoms with Crippen molar-refractivity contribution in [2.75, 3.05) is 26.2 Å². The molecule has 31 heavy (non-hydrogen) atoms. The van der Waals surface area contributed by atoms with E-state index in [9.17, 15) is 22.4 Å². The lowest BCUT2D eigenvalue weighted by molar-refractivity contribution is -0.173. The van der Waals surface area contributed by atoms with Crippen LogP contribution in [0.3, 0.4) is 0 Å². The maximum atomic E-state index is 13.8. The third-order valence-corrected chi connectivity index (χ3v) is 6.94. The minimum absolute atomic E-state index is 0.0219. The van der Waals surface area contributed by atoms with E-state index in [1.165, 1.54) is 41.3 Å². The number of hydrogen-bond acceptors (Lipinski definition) is 2. The SMILES string of the molecule is O=C(C(c1ccccc1)C(F)(F)F)N1CCC2(CCNCC2c2ccc(F)cc2)CC1. The van der Waals surface area contributed by atoms with Crippen molar-refractivity contribution >= 4 is 5.91 Å². The van der Waals surface area contributed by atoms with Gasteiger partial charge in [-0.3, -0.25) is 4.79 Å². The smallest absolute Gasteiger partial charge is 0.342 e. The number of halogens is 4. The molecule has 2 saturated heterocycles. The normalized spacial score (nSPS) is 22.3. The fraction of sp³-hybridized carbons (Fsp3) is 0.458. The summed E-state index contributed by atoms with van der Waals surface area (Å²) in [4.78, 5) is 14.3. The highest BCUT2D eigenvalue weighted by Gasteiger charge is 2.50. The Morgan fingerprint density at radius 2 is 1.65 bits per heavy atom. The maximum absolute atomic E-state index is 13.8. The molecular weight excluding hydrogens is 408 g/mol. The fourth-order valence-electron chi connectivity index (χ4n) is 5.21. The Balaban J connectivity index is 1.52. The van der Waals surface area contributed by atoms with E-state index in [4.69, 9.17) is 0 Å². The Kier molecular flexibility index (Phi) is 6.06. The lowest BCUT2D eigenvalue weighted by Crippen LogP contribution is -2.52. The van der Waals surface area contributed by atoms with Gasteiger partial charge < -0.3 is 10.2 Å². The predicted octanol–water partition coefficient (Wildman–Crippen LogP) is 4.86. The maximum Gasteiger partial charge on any atom is 0.404 e. The van der Waals surface area contributed by atoms with Gasteiger partial charge in [0, 0.05) is 25.6 Å². The van der Waals surface area contributed by atoms with Crippen molar-refractivity contribution in [2.24, 2.45) is 5.41 Å². The Labute approximate surface area is 179 Å². The summed E-state index contributed by atoms with van der Waals surface area (Å²) in [5.41, 5.74) is 0.914. The van der Waals surface area contributed by atoms with E-state index in [1.807, 2.05) is 0 Å². The molecule has 0 aliphatic carbocycles. The van der Waals surface area contributed by atoms with Gasteiger partial charge in [-0.05, 0) is 54.5 Å². The van der Waals surface area contributed by atoms with Gasteiger partial charge in [0.25, 0.3) is 0 Å². The molecule has 4 rings (SSSR count). The number of benzene rings is 2. The van der Waals surface area contributed by atoms with Crippen LogP contribution in [0.5, 0.6) is 0 Å². The van der Waals surface area contributed by atoms with Crippen molar-refractivity contribution in [1.82, 2.24) is 10.2 Å². The van der Waals surface area contributed by atoms with Crippen LogP contribution in [0.25, 0.3) is 0 Å². The quantitative estimate of drug-likeness (QED) is 0.700. The Hall–Kier alpha value is -2.41. The van der Waals surface area contributed by atoms with Crippen LogP contribution in [0.4, 0.5) is 17.6 Å². The number of likely N-dealkylation sites (tertiary alicyclic amines) is 1. The van der Waals surface area contributed by atoms with Gasteiger partial charge >= 0.3 is 6.18 Å². The molecule has 2 heterocycles. The average molecular weight is 434 g/mol. The zero-order valence-corrected chi connectivity index (χ0v) is 17.2. The number of alkyl halides is 3. The van der Waals surface area contributed by atoms with Crippen molar-refractivity contribution < 1.29 is 22.4 Å². The van der Waals surface area contributed by atoms with E-state index in [-0.39, 0.29) is 22.7 Å². The van der Waals surface area contributed by atoms with Crippen LogP contribution in [-0.4, -0.2) is 43.2 Å². The van der Waals surface area contributed by atoms with Gasteiger partial charge in [-0.25, -0.2) is 4.39 Å². The Morgan fingerprint density at radius 3 is 2.26 bits per heavy atom. The molecule has 2 aromatic rings. The Bertz CT molecular complexity index is 890. The molecule has 1 N–H and O–H groups in total. The van der Waals surface area contributed by atoms with Crippen LogP contribution in [0.1, 0.15) is 42.2 Å². The highest BCUT2D eigenvalue weighted by Crippen LogP contribution is 2.49. The van der Waals surface area contributed by atoms with Gasteiger partial charge in [-0.2, -0.15) is 13.2 Å². The van der Waals surface area contributed by atoms with E-state index in [1.54, 1.807) is 18.2 Å². The van der Waals surface area contributed by atoms with Crippen molar-refractivity contribution in [3.05, 3.63) is 71.5 Å². The number of piperidine rings is 2. The first-order valence-corrected chi connectivity index (χ1v) is 10.7. The number of amides is 1. The van der Waals surface area contributed by atoms with Crippen LogP contribution in [-0.2, 0) is 4.79 Å². The summed E-state index contributed by atoms with van der Waals surface area (Å²) < 4.78 is 54.8. The number of nitrogens with zero attached hydrogens (tertiary/aromatic N) is 1. The summed E-state index contributed by atoms with van der Waals surface area (Å²) in [6, 6.07) is 13.9. The largest absolute Gasteiger partial charge is 0.404 e. The second kappa shape index (κ2) is 8.61. The van der Waals surface area contributed by atoms with E-state index < -0.39 is 18.0 Å². The van der Waals surface area contributed by atoms with E-state index in [0.717, 1.165) is 25.1 Å². The van der Waals surface area contributed by atoms with Crippen LogP contribution in [0.2, 0.25) is 0 Å². The number of hydrogen-bond donors (Lipinski definition) is 1. The van der Waals surface area contributed by atoms with E-state index >= 15 is 0 Å². The highest BCUT2D eigenvalue weighted by atomic mass is 19.4. The van der Waals surface area contributed by atoms with Crippen molar-refractivity contribution in [3.63, 3.8) is 0 Å².